The second kappa shape index (κ2) is 3.92. The van der Waals surface area contributed by atoms with E-state index in [2.05, 4.69) is 0 Å². The van der Waals surface area contributed by atoms with Crippen LogP contribution in [0.3, 0.4) is 0 Å². The molecule has 3 nitrogen and oxygen atoms in total. The van der Waals surface area contributed by atoms with Crippen LogP contribution in [0.2, 0.25) is 0 Å². The fraction of sp³-hybridized carbons (Fsp3) is 0.250. The Hall–Kier alpha value is -1.91. The Labute approximate surface area is 85.1 Å². The quantitative estimate of drug-likeness (QED) is 0.762. The van der Waals surface area contributed by atoms with Gasteiger partial charge >= 0.3 is 6.18 Å². The second-order valence-electron chi connectivity index (χ2n) is 2.73. The number of hydrogen-bond donors (Lipinski definition) is 1. The van der Waals surface area contributed by atoms with Gasteiger partial charge in [0.25, 0.3) is 12.0 Å². The number of aromatic nitrogens is 1. The fourth-order valence-corrected chi connectivity index (χ4v) is 1.15. The van der Waals surface area contributed by atoms with Crippen LogP contribution in [0.1, 0.15) is 23.1 Å². The fourth-order valence-electron chi connectivity index (χ4n) is 1.15. The predicted molar refractivity (Wildman–Crippen MR) is 41.7 cm³/mol. The van der Waals surface area contributed by atoms with Crippen LogP contribution in [0.25, 0.3) is 0 Å². The number of halogens is 5. The number of nitrogens with one attached hydrogen (secondary N) is 1. The lowest BCUT2D eigenvalue weighted by molar-refractivity contribution is -0.140. The van der Waals surface area contributed by atoms with Crippen molar-refractivity contribution in [3.05, 3.63) is 33.2 Å². The van der Waals surface area contributed by atoms with Gasteiger partial charge in [-0.15, -0.1) is 0 Å². The number of hydrogen-bond acceptors (Lipinski definition) is 2. The molecule has 0 aliphatic rings. The summed E-state index contributed by atoms with van der Waals surface area (Å²) in [6.45, 7) is 0. The highest BCUT2D eigenvalue weighted by molar-refractivity contribution is 5.42. The van der Waals surface area contributed by atoms with Crippen molar-refractivity contribution in [2.24, 2.45) is 0 Å². The molecule has 16 heavy (non-hydrogen) atoms. The van der Waals surface area contributed by atoms with Gasteiger partial charge in [-0.3, -0.25) is 4.79 Å². The number of aromatic amines is 1. The van der Waals surface area contributed by atoms with Crippen molar-refractivity contribution in [2.75, 3.05) is 0 Å². The summed E-state index contributed by atoms with van der Waals surface area (Å²) >= 11 is 0. The van der Waals surface area contributed by atoms with Gasteiger partial charge < -0.3 is 4.98 Å². The van der Waals surface area contributed by atoms with Gasteiger partial charge in [0, 0.05) is 6.20 Å². The smallest absolute Gasteiger partial charge is 0.327 e. The third-order valence-electron chi connectivity index (χ3n) is 1.76. The standard InChI is InChI=1S/C8H3F5N2O/c9-6(10)4-3(1-14)2-15-7(16)5(4)8(11,12)13/h2,6H,(H,15,16). The molecule has 1 aromatic rings. The molecule has 0 fully saturated rings. The van der Waals surface area contributed by atoms with Crippen LogP contribution >= 0.6 is 0 Å². The second-order valence-corrected chi connectivity index (χ2v) is 2.73. The molecule has 0 amide bonds. The van der Waals surface area contributed by atoms with Gasteiger partial charge in [-0.25, -0.2) is 8.78 Å². The molecule has 8 heteroatoms. The first-order chi connectivity index (χ1) is 7.29. The molecule has 1 rings (SSSR count). The summed E-state index contributed by atoms with van der Waals surface area (Å²) in [6, 6.07) is 1.17. The summed E-state index contributed by atoms with van der Waals surface area (Å²) < 4.78 is 61.7. The monoisotopic (exact) mass is 238 g/mol. The maximum Gasteiger partial charge on any atom is 0.422 e. The molecule has 0 spiro atoms. The number of pyridine rings is 1. The third-order valence-corrected chi connectivity index (χ3v) is 1.76. The molecular formula is C8H3F5N2O. The minimum Gasteiger partial charge on any atom is -0.327 e. The maximum atomic E-state index is 12.4. The molecule has 0 aliphatic heterocycles. The average molecular weight is 238 g/mol. The first-order valence-corrected chi connectivity index (χ1v) is 3.80. The van der Waals surface area contributed by atoms with Crippen LogP contribution in [0.15, 0.2) is 11.0 Å². The first-order valence-electron chi connectivity index (χ1n) is 3.80. The normalized spacial score (nSPS) is 11.6. The summed E-state index contributed by atoms with van der Waals surface area (Å²) in [7, 11) is 0. The number of nitriles is 1. The van der Waals surface area contributed by atoms with Gasteiger partial charge in [-0.2, -0.15) is 18.4 Å². The molecule has 1 aromatic heterocycles. The largest absolute Gasteiger partial charge is 0.422 e. The molecule has 1 N–H and O–H groups in total. The van der Waals surface area contributed by atoms with Crippen molar-refractivity contribution in [2.45, 2.75) is 12.6 Å². The molecule has 0 saturated carbocycles. The van der Waals surface area contributed by atoms with E-state index < -0.39 is 34.9 Å². The van der Waals surface area contributed by atoms with Crippen molar-refractivity contribution < 1.29 is 22.0 Å². The van der Waals surface area contributed by atoms with Crippen molar-refractivity contribution in [3.63, 3.8) is 0 Å². The lowest BCUT2D eigenvalue weighted by Gasteiger charge is -2.11. The summed E-state index contributed by atoms with van der Waals surface area (Å²) in [4.78, 5) is 12.4. The zero-order valence-corrected chi connectivity index (χ0v) is 7.40. The summed E-state index contributed by atoms with van der Waals surface area (Å²) in [5.74, 6) is 0. The SMILES string of the molecule is N#Cc1c[nH]c(=O)c(C(F)(F)F)c1C(F)F. The van der Waals surface area contributed by atoms with Crippen LogP contribution < -0.4 is 5.56 Å². The maximum absolute atomic E-state index is 12.4. The molecule has 0 unspecified atom stereocenters. The van der Waals surface area contributed by atoms with Crippen molar-refractivity contribution in [1.82, 2.24) is 4.98 Å². The topological polar surface area (TPSA) is 56.6 Å². The van der Waals surface area contributed by atoms with Gasteiger partial charge in [0.1, 0.15) is 11.6 Å². The molecule has 0 aromatic carbocycles. The Bertz CT molecular complexity index is 497. The molecule has 86 valence electrons. The van der Waals surface area contributed by atoms with E-state index in [4.69, 9.17) is 5.26 Å². The Balaban J connectivity index is 3.71. The van der Waals surface area contributed by atoms with Gasteiger partial charge in [0.15, 0.2) is 0 Å². The van der Waals surface area contributed by atoms with E-state index >= 15 is 0 Å². The first kappa shape index (κ1) is 12.2. The molecule has 0 saturated heterocycles. The average Bonchev–Trinajstić information content (AvgIpc) is 2.15. The van der Waals surface area contributed by atoms with E-state index in [9.17, 15) is 26.7 Å². The lowest BCUT2D eigenvalue weighted by Crippen LogP contribution is -2.25. The number of alkyl halides is 5. The molecule has 0 bridgehead atoms. The van der Waals surface area contributed by atoms with Crippen LogP contribution in [-0.2, 0) is 6.18 Å². The van der Waals surface area contributed by atoms with Gasteiger partial charge in [0.05, 0.1) is 11.1 Å². The highest BCUT2D eigenvalue weighted by Gasteiger charge is 2.40. The van der Waals surface area contributed by atoms with E-state index in [-0.39, 0.29) is 0 Å². The van der Waals surface area contributed by atoms with Gasteiger partial charge in [-0.05, 0) is 0 Å². The number of H-pyrrole nitrogens is 1. The third kappa shape index (κ3) is 2.03. The lowest BCUT2D eigenvalue weighted by atomic mass is 10.1. The van der Waals surface area contributed by atoms with Crippen molar-refractivity contribution >= 4 is 0 Å². The Kier molecular flexibility index (Phi) is 2.98. The van der Waals surface area contributed by atoms with Gasteiger partial charge in [0.2, 0.25) is 0 Å². The van der Waals surface area contributed by atoms with E-state index in [1.165, 1.54) is 6.07 Å². The minimum absolute atomic E-state index is 0.527. The Morgan fingerprint density at radius 2 is 1.94 bits per heavy atom. The Morgan fingerprint density at radius 1 is 1.38 bits per heavy atom. The highest BCUT2D eigenvalue weighted by Crippen LogP contribution is 2.35. The zero-order valence-electron chi connectivity index (χ0n) is 7.40. The molecule has 0 aliphatic carbocycles. The minimum atomic E-state index is -5.23. The highest BCUT2D eigenvalue weighted by atomic mass is 19.4. The van der Waals surface area contributed by atoms with Crippen LogP contribution in [0.4, 0.5) is 22.0 Å². The number of nitrogens with zero attached hydrogens (tertiary/aromatic N) is 1. The van der Waals surface area contributed by atoms with E-state index in [1.807, 2.05) is 0 Å². The number of rotatable bonds is 1. The Morgan fingerprint density at radius 3 is 2.31 bits per heavy atom. The zero-order chi connectivity index (χ0) is 12.5. The summed E-state index contributed by atoms with van der Waals surface area (Å²) in [5, 5.41) is 8.38. The molecular weight excluding hydrogens is 235 g/mol. The van der Waals surface area contributed by atoms with E-state index in [0.29, 0.717) is 6.20 Å². The molecule has 1 heterocycles. The molecule has 0 radical (unpaired) electrons. The van der Waals surface area contributed by atoms with Crippen LogP contribution in [-0.4, -0.2) is 4.98 Å². The van der Waals surface area contributed by atoms with Crippen LogP contribution in [0, 0.1) is 11.3 Å². The van der Waals surface area contributed by atoms with E-state index in [0.717, 1.165) is 0 Å². The predicted octanol–water partition coefficient (Wildman–Crippen LogP) is 2.20. The summed E-state index contributed by atoms with van der Waals surface area (Å²) in [6.07, 6.45) is -8.25. The summed E-state index contributed by atoms with van der Waals surface area (Å²) in [5.41, 5.74) is -6.20. The van der Waals surface area contributed by atoms with Crippen molar-refractivity contribution in [1.29, 1.82) is 5.26 Å². The van der Waals surface area contributed by atoms with Crippen molar-refractivity contribution in [3.8, 4) is 6.07 Å². The van der Waals surface area contributed by atoms with E-state index in [1.54, 1.807) is 4.98 Å². The van der Waals surface area contributed by atoms with Crippen LogP contribution in [0.5, 0.6) is 0 Å². The van der Waals surface area contributed by atoms with Gasteiger partial charge in [-0.1, -0.05) is 0 Å². The molecule has 0 atom stereocenters.